The molecule has 3 aromatic heterocycles. The number of fused-ring (bicyclic) bond motifs is 2. The Morgan fingerprint density at radius 2 is 1.80 bits per heavy atom. The van der Waals surface area contributed by atoms with Gasteiger partial charge in [0.25, 0.3) is 5.56 Å². The second-order valence-electron chi connectivity index (χ2n) is 18.1. The van der Waals surface area contributed by atoms with Gasteiger partial charge in [-0.25, -0.2) is 15.0 Å². The van der Waals surface area contributed by atoms with Gasteiger partial charge in [0, 0.05) is 24.1 Å². The molecule has 3 aromatic rings. The molecule has 1 aliphatic carbocycles. The molecular weight excluding hydrogens is 937 g/mol. The molecule has 6 rings (SSSR count). The Bertz CT molecular complexity index is 2270. The van der Waals surface area contributed by atoms with Crippen LogP contribution in [0.15, 0.2) is 29.7 Å². The van der Waals surface area contributed by atoms with Crippen molar-refractivity contribution in [2.45, 2.75) is 147 Å². The summed E-state index contributed by atoms with van der Waals surface area (Å²) in [5.74, 6) is -0.741. The van der Waals surface area contributed by atoms with Crippen molar-refractivity contribution in [3.8, 4) is 6.07 Å². The third-order valence-electron chi connectivity index (χ3n) is 12.1. The Kier molecular flexibility index (Phi) is 17.1. The van der Waals surface area contributed by atoms with Gasteiger partial charge >= 0.3 is 32.1 Å². The summed E-state index contributed by atoms with van der Waals surface area (Å²) in [4.78, 5) is 56.0. The van der Waals surface area contributed by atoms with Gasteiger partial charge in [0.15, 0.2) is 17.4 Å². The second-order valence-corrected chi connectivity index (χ2v) is 30.7. The summed E-state index contributed by atoms with van der Waals surface area (Å²) in [6.07, 6.45) is 0.483. The number of anilines is 2. The number of nitrogens with zero attached hydrogens (tertiary/aromatic N) is 6. The molecule has 65 heavy (non-hydrogen) atoms. The van der Waals surface area contributed by atoms with Crippen LogP contribution in [0, 0.1) is 23.2 Å². The monoisotopic (exact) mass is 999 g/mol. The van der Waals surface area contributed by atoms with Crippen LogP contribution >= 0.6 is 15.0 Å². The highest BCUT2D eigenvalue weighted by atomic mass is 32.5. The van der Waals surface area contributed by atoms with Crippen molar-refractivity contribution in [1.82, 2.24) is 29.5 Å². The van der Waals surface area contributed by atoms with Crippen molar-refractivity contribution in [2.75, 3.05) is 30.5 Å². The first kappa shape index (κ1) is 51.5. The third-order valence-corrected chi connectivity index (χ3v) is 25.2. The molecule has 21 nitrogen and oxygen atoms in total. The zero-order valence-electron chi connectivity index (χ0n) is 38.5. The number of aromatic amines is 1. The van der Waals surface area contributed by atoms with Crippen molar-refractivity contribution in [2.24, 2.45) is 11.8 Å². The van der Waals surface area contributed by atoms with Gasteiger partial charge in [0.1, 0.15) is 30.5 Å². The maximum Gasteiger partial charge on any atom is 0.335 e. The third kappa shape index (κ3) is 11.5. The molecule has 0 radical (unpaired) electrons. The first-order chi connectivity index (χ1) is 30.7. The largest absolute Gasteiger partial charge is 0.414 e. The van der Waals surface area contributed by atoms with E-state index in [1.54, 1.807) is 26.1 Å². The number of carbonyl (C=O) groups excluding carboxylic acids is 1. The Labute approximate surface area is 387 Å². The summed E-state index contributed by atoms with van der Waals surface area (Å²) >= 11 is 6.22. The van der Waals surface area contributed by atoms with Crippen molar-refractivity contribution in [3.05, 3.63) is 35.3 Å². The first-order valence-corrected chi connectivity index (χ1v) is 29.8. The summed E-state index contributed by atoms with van der Waals surface area (Å²) in [6.45, 7) is 16.1. The Hall–Kier alpha value is -2.86. The van der Waals surface area contributed by atoms with Gasteiger partial charge in [-0.3, -0.25) is 33.5 Å². The van der Waals surface area contributed by atoms with E-state index in [4.69, 9.17) is 47.6 Å². The number of H-pyrrole nitrogens is 1. The van der Waals surface area contributed by atoms with Gasteiger partial charge in [-0.15, -0.1) is 0 Å². The lowest BCUT2D eigenvalue weighted by Gasteiger charge is -2.51. The van der Waals surface area contributed by atoms with E-state index >= 15 is 0 Å². The van der Waals surface area contributed by atoms with E-state index < -0.39 is 80.1 Å². The van der Waals surface area contributed by atoms with Crippen LogP contribution in [0.1, 0.15) is 94.7 Å². The van der Waals surface area contributed by atoms with E-state index in [-0.39, 0.29) is 77.5 Å². The van der Waals surface area contributed by atoms with Crippen LogP contribution < -0.4 is 16.2 Å². The van der Waals surface area contributed by atoms with Crippen molar-refractivity contribution in [3.63, 3.8) is 0 Å². The minimum Gasteiger partial charge on any atom is -0.414 e. The number of carbonyl (C=O) groups is 1. The Morgan fingerprint density at radius 3 is 2.42 bits per heavy atom. The highest BCUT2D eigenvalue weighted by Gasteiger charge is 2.63. The minimum absolute atomic E-state index is 0.0274. The number of imidazole rings is 1. The van der Waals surface area contributed by atoms with Gasteiger partial charge in [-0.05, 0) is 52.9 Å². The second kappa shape index (κ2) is 21.6. The lowest BCUT2D eigenvalue weighted by atomic mass is 10.1. The molecule has 5 heterocycles. The Balaban J connectivity index is 1.44. The summed E-state index contributed by atoms with van der Waals surface area (Å²) in [6, 6.07) is 3.58. The molecule has 1 amide bonds. The van der Waals surface area contributed by atoms with Gasteiger partial charge in [-0.1, -0.05) is 69.2 Å². The van der Waals surface area contributed by atoms with Gasteiger partial charge in [-0.2, -0.15) is 10.2 Å². The van der Waals surface area contributed by atoms with Crippen LogP contribution in [0.3, 0.4) is 0 Å². The average Bonchev–Trinajstić information content (AvgIpc) is 3.91. The fraction of sp³-hybridized carbons (Fsp3) is 0.718. The zero-order chi connectivity index (χ0) is 47.4. The molecule has 0 aromatic carbocycles. The van der Waals surface area contributed by atoms with Crippen LogP contribution in [0.2, 0.25) is 22.2 Å². The molecule has 2 saturated heterocycles. The first-order valence-electron chi connectivity index (χ1n) is 22.0. The van der Waals surface area contributed by atoms with Crippen LogP contribution in [-0.4, -0.2) is 108 Å². The highest BCUT2D eigenvalue weighted by Crippen LogP contribution is 2.57. The summed E-state index contributed by atoms with van der Waals surface area (Å²) in [5, 5.41) is 15.6. The van der Waals surface area contributed by atoms with E-state index in [1.807, 2.05) is 0 Å². The molecule has 1 saturated carbocycles. The molecule has 0 bridgehead atoms. The Morgan fingerprint density at radius 1 is 1.09 bits per heavy atom. The lowest BCUT2D eigenvalue weighted by molar-refractivity contribution is -0.118. The number of nitrogens with one attached hydrogen (secondary N) is 3. The number of aromatic nitrogens is 6. The molecule has 0 spiro atoms. The van der Waals surface area contributed by atoms with Crippen LogP contribution in [0.5, 0.6) is 0 Å². The number of nitriles is 1. The van der Waals surface area contributed by atoms with E-state index in [2.05, 4.69) is 97.0 Å². The smallest absolute Gasteiger partial charge is 0.335 e. The molecule has 2 aliphatic heterocycles. The van der Waals surface area contributed by atoms with Crippen molar-refractivity contribution < 1.29 is 50.1 Å². The van der Waals surface area contributed by atoms with E-state index in [9.17, 15) is 24.3 Å². The zero-order valence-corrected chi connectivity index (χ0v) is 43.2. The molecule has 3 aliphatic rings. The normalized spacial score (nSPS) is 26.8. The predicted octanol–water partition coefficient (Wildman–Crippen LogP) is 6.57. The van der Waals surface area contributed by atoms with E-state index in [0.29, 0.717) is 18.7 Å². The molecular formula is C39H63N9O12P2SSi2. The standard InChI is InChI=1S/C39H63N9O12P2SSi2/c1-22(2)36(49)46-39-45-35-32(37(50)47-39)43-21-48(35)38-34(33-30(56-38)19-55-64(23(3)4,24(5)6)60-65(59-33,25(7)8)26(9)10)58-62(63,53-15-11-13-40)54-18-27-16-28(17-29(27)57-61(51)52)44-31-12-14-41-20-42-31/h12,14,20-30,33-34,38,61H,11,15-19H2,1-10H3,(H,51,52)(H,41,42,44)(H2,45,46,47,49,50)/t27-,28-,29+,30-,33-,34-,38-,62-/m1/s1. The number of hydrogen-bond donors (Lipinski definition) is 4. The van der Waals surface area contributed by atoms with Crippen molar-refractivity contribution >= 4 is 72.7 Å². The maximum atomic E-state index is 13.5. The van der Waals surface area contributed by atoms with Gasteiger partial charge < -0.3 is 41.5 Å². The van der Waals surface area contributed by atoms with E-state index in [1.165, 1.54) is 17.2 Å². The summed E-state index contributed by atoms with van der Waals surface area (Å²) < 4.78 is 67.9. The minimum atomic E-state index is -3.92. The van der Waals surface area contributed by atoms with Crippen molar-refractivity contribution in [1.29, 1.82) is 5.26 Å². The highest BCUT2D eigenvalue weighted by molar-refractivity contribution is 8.07. The molecule has 3 fully saturated rings. The SMILES string of the molecule is CC(C)C(=O)Nc1nc2c(ncn2[C@@H]2O[C@@H]3CO[Si](C(C)C)(C(C)C)O[Si](C(C)C)(C(C)C)O[C@H]3[C@H]2O[P@@](=S)(OCCC#N)OC[C@H]2C[C@@H](Nc3ccncn3)C[C@@H]2O[PH](=O)O)c(=O)[nH]1. The van der Waals surface area contributed by atoms with E-state index in [0.717, 1.165) is 0 Å². The summed E-state index contributed by atoms with van der Waals surface area (Å²) in [5.41, 5.74) is -0.623. The fourth-order valence-corrected chi connectivity index (χ4v) is 22.6. The topological polar surface area (TPSA) is 265 Å². The number of amides is 1. The average molecular weight is 1000 g/mol. The molecule has 4 N–H and O–H groups in total. The lowest BCUT2D eigenvalue weighted by Crippen LogP contribution is -2.65. The fourth-order valence-electron chi connectivity index (χ4n) is 8.77. The molecule has 360 valence electrons. The van der Waals surface area contributed by atoms with Crippen LogP contribution in [-0.2, 0) is 57.0 Å². The van der Waals surface area contributed by atoms with Gasteiger partial charge in [0.2, 0.25) is 11.9 Å². The number of ether oxygens (including phenoxy) is 1. The number of hydrogen-bond acceptors (Lipinski definition) is 18. The maximum absolute atomic E-state index is 13.5. The quantitative estimate of drug-likeness (QED) is 0.0562. The molecule has 26 heteroatoms. The van der Waals surface area contributed by atoms with Crippen LogP contribution in [0.4, 0.5) is 11.8 Å². The number of rotatable bonds is 19. The van der Waals surface area contributed by atoms with Gasteiger partial charge in [0.05, 0.1) is 44.7 Å². The molecule has 1 unspecified atom stereocenters. The predicted molar refractivity (Wildman–Crippen MR) is 249 cm³/mol. The van der Waals surface area contributed by atoms with Crippen LogP contribution in [0.25, 0.3) is 11.2 Å². The molecule has 9 atom stereocenters. The summed E-state index contributed by atoms with van der Waals surface area (Å²) in [7, 11) is -9.72.